The number of nitrogens with zero attached hydrogens (tertiary/aromatic N) is 1. The molecule has 4 rings (SSSR count). The number of ether oxygens (including phenoxy) is 1. The molecule has 1 heterocycles. The van der Waals surface area contributed by atoms with Crippen LogP contribution in [0.4, 0.5) is 5.69 Å². The van der Waals surface area contributed by atoms with Gasteiger partial charge in [-0.3, -0.25) is 4.79 Å². The summed E-state index contributed by atoms with van der Waals surface area (Å²) in [6.07, 6.45) is 1.02. The Morgan fingerprint density at radius 3 is 2.14 bits per heavy atom. The molecule has 0 radical (unpaired) electrons. The number of methoxy groups -OCH3 is 1. The molecule has 0 saturated carbocycles. The molecule has 0 spiro atoms. The average Bonchev–Trinajstić information content (AvgIpc) is 3.30. The van der Waals surface area contributed by atoms with E-state index in [1.54, 1.807) is 66.7 Å². The summed E-state index contributed by atoms with van der Waals surface area (Å²) >= 11 is 0.749. The number of benzene rings is 3. The average molecular weight is 544 g/mol. The third kappa shape index (κ3) is 5.31. The van der Waals surface area contributed by atoms with Crippen LogP contribution in [0.2, 0.25) is 0 Å². The molecule has 4 aromatic rings. The maximum Gasteiger partial charge on any atom is 0.268 e. The number of thiazole rings is 1. The zero-order valence-electron chi connectivity index (χ0n) is 19.1. The van der Waals surface area contributed by atoms with Crippen LogP contribution in [0.1, 0.15) is 9.67 Å². The Bertz CT molecular complexity index is 1660. The third-order valence-corrected chi connectivity index (χ3v) is 8.86. The minimum Gasteiger partial charge on any atom is -0.497 e. The van der Waals surface area contributed by atoms with Crippen LogP contribution in [-0.2, 0) is 19.9 Å². The second-order valence-corrected chi connectivity index (χ2v) is 12.4. The molecule has 3 N–H and O–H groups in total. The Morgan fingerprint density at radius 1 is 0.917 bits per heavy atom. The zero-order valence-corrected chi connectivity index (χ0v) is 21.6. The van der Waals surface area contributed by atoms with E-state index in [-0.39, 0.29) is 19.8 Å². The Kier molecular flexibility index (Phi) is 6.96. The number of sulfonamides is 1. The van der Waals surface area contributed by atoms with Crippen molar-refractivity contribution in [3.05, 3.63) is 77.7 Å². The first-order valence-electron chi connectivity index (χ1n) is 10.4. The lowest BCUT2D eigenvalue weighted by molar-refractivity contribution is 0.103. The maximum atomic E-state index is 13.4. The van der Waals surface area contributed by atoms with Crippen LogP contribution in [0.3, 0.4) is 0 Å². The van der Waals surface area contributed by atoms with Crippen molar-refractivity contribution in [1.29, 1.82) is 0 Å². The molecule has 186 valence electrons. The maximum absolute atomic E-state index is 13.4. The number of para-hydroxylation sites is 1. The number of hydrogen-bond donors (Lipinski definition) is 2. The minimum atomic E-state index is -4.04. The topological polar surface area (TPSA) is 146 Å². The van der Waals surface area contributed by atoms with Gasteiger partial charge >= 0.3 is 0 Å². The Hall–Kier alpha value is -3.58. The molecule has 0 aliphatic carbocycles. The third-order valence-electron chi connectivity index (χ3n) is 5.15. The van der Waals surface area contributed by atoms with E-state index in [2.05, 4.69) is 10.3 Å². The molecule has 0 saturated heterocycles. The first-order valence-corrected chi connectivity index (χ1v) is 14.6. The van der Waals surface area contributed by atoms with Gasteiger partial charge in [-0.25, -0.2) is 27.0 Å². The number of nitrogens with two attached hydrogens (primary N) is 1. The Balaban J connectivity index is 1.80. The van der Waals surface area contributed by atoms with Crippen molar-refractivity contribution >= 4 is 42.8 Å². The Labute approximate surface area is 212 Å². The summed E-state index contributed by atoms with van der Waals surface area (Å²) in [6, 6.07) is 19.5. The van der Waals surface area contributed by atoms with E-state index in [1.165, 1.54) is 13.2 Å². The van der Waals surface area contributed by atoms with E-state index in [4.69, 9.17) is 9.88 Å². The summed E-state index contributed by atoms with van der Waals surface area (Å²) in [6.45, 7) is 0. The highest BCUT2D eigenvalue weighted by Gasteiger charge is 2.25. The van der Waals surface area contributed by atoms with Crippen molar-refractivity contribution < 1.29 is 26.4 Å². The summed E-state index contributed by atoms with van der Waals surface area (Å²) in [4.78, 5) is 17.6. The van der Waals surface area contributed by atoms with Crippen LogP contribution >= 0.6 is 11.3 Å². The number of sulfone groups is 1. The van der Waals surface area contributed by atoms with Crippen molar-refractivity contribution in [1.82, 2.24) is 4.98 Å². The van der Waals surface area contributed by atoms with Crippen molar-refractivity contribution in [3.8, 4) is 28.1 Å². The number of carbonyl (C=O) groups excluding carboxylic acids is 1. The van der Waals surface area contributed by atoms with Gasteiger partial charge in [0.2, 0.25) is 24.2 Å². The summed E-state index contributed by atoms with van der Waals surface area (Å²) in [5, 5.41) is 8.18. The van der Waals surface area contributed by atoms with Gasteiger partial charge in [0, 0.05) is 28.6 Å². The molecule has 1 aromatic heterocycles. The van der Waals surface area contributed by atoms with Crippen molar-refractivity contribution in [2.45, 2.75) is 9.24 Å². The highest BCUT2D eigenvalue weighted by molar-refractivity contribution is 7.92. The fourth-order valence-corrected chi connectivity index (χ4v) is 6.08. The number of rotatable bonds is 7. The molecule has 0 aliphatic rings. The van der Waals surface area contributed by atoms with E-state index >= 15 is 0 Å². The fraction of sp³-hybridized carbons (Fsp3) is 0.0833. The van der Waals surface area contributed by atoms with Gasteiger partial charge in [0.25, 0.3) is 5.91 Å². The van der Waals surface area contributed by atoms with Crippen LogP contribution in [0, 0.1) is 0 Å². The number of anilines is 1. The molecule has 0 bridgehead atoms. The summed E-state index contributed by atoms with van der Waals surface area (Å²) in [5.41, 5.74) is 1.78. The van der Waals surface area contributed by atoms with Crippen molar-refractivity contribution in [2.75, 3.05) is 18.7 Å². The molecule has 0 fully saturated rings. The van der Waals surface area contributed by atoms with Crippen LogP contribution in [-0.4, -0.2) is 41.1 Å². The van der Waals surface area contributed by atoms with Crippen LogP contribution < -0.4 is 15.2 Å². The van der Waals surface area contributed by atoms with E-state index < -0.39 is 25.8 Å². The lowest BCUT2D eigenvalue weighted by atomic mass is 10.0. The van der Waals surface area contributed by atoms with Crippen LogP contribution in [0.15, 0.2) is 82.0 Å². The molecule has 36 heavy (non-hydrogen) atoms. The second-order valence-electron chi connectivity index (χ2n) is 7.70. The molecule has 0 unspecified atom stereocenters. The molecular formula is C24H21N3O6S3. The lowest BCUT2D eigenvalue weighted by Gasteiger charge is -2.14. The van der Waals surface area contributed by atoms with E-state index in [0.717, 1.165) is 17.6 Å². The highest BCUT2D eigenvalue weighted by Crippen LogP contribution is 2.35. The van der Waals surface area contributed by atoms with Gasteiger partial charge in [0.1, 0.15) is 10.6 Å². The highest BCUT2D eigenvalue weighted by atomic mass is 32.2. The largest absolute Gasteiger partial charge is 0.497 e. The van der Waals surface area contributed by atoms with Gasteiger partial charge in [0.05, 0.1) is 17.7 Å². The summed E-state index contributed by atoms with van der Waals surface area (Å²) in [5.74, 6) is -0.0143. The fourth-order valence-electron chi connectivity index (χ4n) is 3.50. The zero-order chi connectivity index (χ0) is 26.1. The van der Waals surface area contributed by atoms with Gasteiger partial charge in [-0.2, -0.15) is 0 Å². The Morgan fingerprint density at radius 2 is 1.53 bits per heavy atom. The van der Waals surface area contributed by atoms with Gasteiger partial charge in [-0.15, -0.1) is 0 Å². The van der Waals surface area contributed by atoms with Gasteiger partial charge in [-0.05, 0) is 36.4 Å². The molecule has 1 amide bonds. The quantitative estimate of drug-likeness (QED) is 0.361. The predicted molar refractivity (Wildman–Crippen MR) is 138 cm³/mol. The summed E-state index contributed by atoms with van der Waals surface area (Å²) < 4.78 is 53.7. The van der Waals surface area contributed by atoms with Crippen LogP contribution in [0.25, 0.3) is 22.4 Å². The normalized spacial score (nSPS) is 11.8. The summed E-state index contributed by atoms with van der Waals surface area (Å²) in [7, 11) is -6.20. The number of primary sulfonamides is 1. The van der Waals surface area contributed by atoms with Crippen molar-refractivity contribution in [2.24, 2.45) is 5.14 Å². The predicted octanol–water partition coefficient (Wildman–Crippen LogP) is 3.79. The number of amides is 1. The SMILES string of the molecule is COc1ccc(-c2nc(S(C)(=O)=O)sc2C(=O)Nc2ccccc2-c2ccccc2S(N)(=O)=O)cc1. The molecule has 12 heteroatoms. The molecular weight excluding hydrogens is 522 g/mol. The van der Waals surface area contributed by atoms with Crippen LogP contribution in [0.5, 0.6) is 5.75 Å². The monoisotopic (exact) mass is 543 g/mol. The standard InChI is InChI=1S/C24H21N3O6S3/c1-33-16-13-11-15(12-14-16)21-22(34-24(27-21)35(2,29)30)23(28)26-19-9-5-3-7-17(19)18-8-4-6-10-20(18)36(25,31)32/h3-14H,1-2H3,(H,26,28)(H2,25,31,32). The smallest absolute Gasteiger partial charge is 0.268 e. The molecule has 3 aromatic carbocycles. The lowest BCUT2D eigenvalue weighted by Crippen LogP contribution is -2.15. The number of carbonyl (C=O) groups is 1. The molecule has 9 nitrogen and oxygen atoms in total. The van der Waals surface area contributed by atoms with Gasteiger partial charge in [0.15, 0.2) is 0 Å². The number of aromatic nitrogens is 1. The van der Waals surface area contributed by atoms with Crippen molar-refractivity contribution in [3.63, 3.8) is 0 Å². The first kappa shape index (κ1) is 25.5. The van der Waals surface area contributed by atoms with Gasteiger partial charge in [-0.1, -0.05) is 47.7 Å². The number of nitrogens with one attached hydrogen (secondary N) is 1. The molecule has 0 atom stereocenters. The van der Waals surface area contributed by atoms with E-state index in [1.807, 2.05) is 0 Å². The first-order chi connectivity index (χ1) is 17.0. The minimum absolute atomic E-state index is 0.0788. The van der Waals surface area contributed by atoms with E-state index in [0.29, 0.717) is 28.1 Å². The number of hydrogen-bond acceptors (Lipinski definition) is 8. The van der Waals surface area contributed by atoms with Gasteiger partial charge < -0.3 is 10.1 Å². The second kappa shape index (κ2) is 9.82. The molecule has 0 aliphatic heterocycles. The van der Waals surface area contributed by atoms with E-state index in [9.17, 15) is 21.6 Å².